The van der Waals surface area contributed by atoms with E-state index in [1.54, 1.807) is 7.11 Å². The molecule has 0 bridgehead atoms. The van der Waals surface area contributed by atoms with Crippen molar-refractivity contribution in [1.82, 2.24) is 15.1 Å². The number of anilines is 2. The number of hydrogen-bond donors (Lipinski definition) is 1. The van der Waals surface area contributed by atoms with Crippen LogP contribution < -0.4 is 10.1 Å². The Morgan fingerprint density at radius 3 is 2.81 bits per heavy atom. The van der Waals surface area contributed by atoms with E-state index < -0.39 is 0 Å². The molecule has 2 aromatic rings. The Morgan fingerprint density at radius 2 is 2.07 bits per heavy atom. The Hall–Kier alpha value is -1.80. The van der Waals surface area contributed by atoms with Crippen LogP contribution in [0.25, 0.3) is 0 Å². The number of carbonyl (C=O) groups is 1. The standard InChI is InChI=1S/C19H26N4O2S2/c1-3-23(14-9-5-4-6-10-14)17(24)13-26-19-22-21-18(27-19)20-15-11-7-8-12-16(15)25-2/h7-8,11-12,14H,3-6,9-10,13H2,1-2H3,(H,20,21). The van der Waals surface area contributed by atoms with Gasteiger partial charge in [-0.2, -0.15) is 0 Å². The van der Waals surface area contributed by atoms with E-state index >= 15 is 0 Å². The van der Waals surface area contributed by atoms with Crippen molar-refractivity contribution in [3.8, 4) is 5.75 Å². The molecule has 0 radical (unpaired) electrons. The van der Waals surface area contributed by atoms with Crippen molar-refractivity contribution in [2.75, 3.05) is 24.7 Å². The van der Waals surface area contributed by atoms with Gasteiger partial charge in [-0.05, 0) is 31.9 Å². The third-order valence-electron chi connectivity index (χ3n) is 4.75. The molecule has 0 spiro atoms. The van der Waals surface area contributed by atoms with Gasteiger partial charge in [0.1, 0.15) is 5.75 Å². The van der Waals surface area contributed by atoms with Gasteiger partial charge in [0.2, 0.25) is 11.0 Å². The van der Waals surface area contributed by atoms with Gasteiger partial charge >= 0.3 is 0 Å². The fourth-order valence-electron chi connectivity index (χ4n) is 3.42. The lowest BCUT2D eigenvalue weighted by atomic mass is 9.94. The smallest absolute Gasteiger partial charge is 0.233 e. The van der Waals surface area contributed by atoms with Crippen molar-refractivity contribution in [1.29, 1.82) is 0 Å². The van der Waals surface area contributed by atoms with Crippen LogP contribution in [0.1, 0.15) is 39.0 Å². The molecule has 1 saturated carbocycles. The Balaban J connectivity index is 1.55. The van der Waals surface area contributed by atoms with Crippen LogP contribution in [0.2, 0.25) is 0 Å². The summed E-state index contributed by atoms with van der Waals surface area (Å²) in [7, 11) is 1.64. The van der Waals surface area contributed by atoms with Gasteiger partial charge in [-0.3, -0.25) is 4.79 Å². The van der Waals surface area contributed by atoms with Gasteiger partial charge in [0.05, 0.1) is 18.6 Å². The highest BCUT2D eigenvalue weighted by molar-refractivity contribution is 8.01. The van der Waals surface area contributed by atoms with E-state index in [0.29, 0.717) is 16.9 Å². The predicted molar refractivity (Wildman–Crippen MR) is 111 cm³/mol. The minimum atomic E-state index is 0.198. The number of carbonyl (C=O) groups excluding carboxylic acids is 1. The second-order valence-electron chi connectivity index (χ2n) is 6.46. The molecule has 0 atom stereocenters. The van der Waals surface area contributed by atoms with Gasteiger partial charge in [-0.25, -0.2) is 0 Å². The summed E-state index contributed by atoms with van der Waals surface area (Å²) in [5, 5.41) is 12.3. The zero-order valence-electron chi connectivity index (χ0n) is 15.8. The van der Waals surface area contributed by atoms with Gasteiger partial charge in [0, 0.05) is 12.6 Å². The lowest BCUT2D eigenvalue weighted by Crippen LogP contribution is -2.42. The molecule has 8 heteroatoms. The molecule has 3 rings (SSSR count). The minimum absolute atomic E-state index is 0.198. The van der Waals surface area contributed by atoms with Crippen molar-refractivity contribution in [3.63, 3.8) is 0 Å². The predicted octanol–water partition coefficient (Wildman–Crippen LogP) is 4.56. The first-order valence-corrected chi connectivity index (χ1v) is 11.2. The maximum absolute atomic E-state index is 12.7. The molecule has 27 heavy (non-hydrogen) atoms. The molecule has 0 saturated heterocycles. The molecule has 1 aromatic heterocycles. The molecule has 1 aliphatic rings. The lowest BCUT2D eigenvalue weighted by molar-refractivity contribution is -0.131. The number of nitrogens with one attached hydrogen (secondary N) is 1. The van der Waals surface area contributed by atoms with E-state index in [1.807, 2.05) is 29.2 Å². The molecule has 0 aliphatic heterocycles. The summed E-state index contributed by atoms with van der Waals surface area (Å²) in [6, 6.07) is 8.09. The second-order valence-corrected chi connectivity index (χ2v) is 8.66. The number of para-hydroxylation sites is 2. The van der Waals surface area contributed by atoms with Crippen LogP contribution in [0.3, 0.4) is 0 Å². The van der Waals surface area contributed by atoms with E-state index in [0.717, 1.165) is 35.2 Å². The zero-order chi connectivity index (χ0) is 19.1. The molecular formula is C19H26N4O2S2. The Bertz CT molecular complexity index is 747. The summed E-state index contributed by atoms with van der Waals surface area (Å²) in [5.41, 5.74) is 0.846. The van der Waals surface area contributed by atoms with Crippen molar-refractivity contribution < 1.29 is 9.53 Å². The molecule has 146 valence electrons. The van der Waals surface area contributed by atoms with Crippen LogP contribution in [0.4, 0.5) is 10.8 Å². The van der Waals surface area contributed by atoms with Crippen LogP contribution in [-0.2, 0) is 4.79 Å². The molecule has 1 amide bonds. The summed E-state index contributed by atoms with van der Waals surface area (Å²) in [6.45, 7) is 2.85. The molecule has 1 fully saturated rings. The number of aromatic nitrogens is 2. The Morgan fingerprint density at radius 1 is 1.30 bits per heavy atom. The maximum atomic E-state index is 12.7. The third-order valence-corrected chi connectivity index (χ3v) is 6.71. The normalized spacial score (nSPS) is 14.7. The van der Waals surface area contributed by atoms with Crippen molar-refractivity contribution >= 4 is 39.8 Å². The lowest BCUT2D eigenvalue weighted by Gasteiger charge is -2.33. The summed E-state index contributed by atoms with van der Waals surface area (Å²) < 4.78 is 6.13. The highest BCUT2D eigenvalue weighted by Gasteiger charge is 2.24. The molecular weight excluding hydrogens is 380 g/mol. The largest absolute Gasteiger partial charge is 0.495 e. The highest BCUT2D eigenvalue weighted by atomic mass is 32.2. The number of amides is 1. The van der Waals surface area contributed by atoms with Crippen LogP contribution in [0, 0.1) is 0 Å². The van der Waals surface area contributed by atoms with Gasteiger partial charge in [-0.15, -0.1) is 10.2 Å². The molecule has 1 aliphatic carbocycles. The van der Waals surface area contributed by atoms with Crippen LogP contribution in [0.5, 0.6) is 5.75 Å². The first kappa shape index (κ1) is 19.9. The van der Waals surface area contributed by atoms with Crippen LogP contribution in [0.15, 0.2) is 28.6 Å². The average Bonchev–Trinajstić information content (AvgIpc) is 3.15. The number of hydrogen-bond acceptors (Lipinski definition) is 7. The second kappa shape index (κ2) is 9.94. The third kappa shape index (κ3) is 5.35. The molecule has 1 aromatic carbocycles. The molecule has 1 heterocycles. The van der Waals surface area contributed by atoms with Gasteiger partial charge in [-0.1, -0.05) is 54.5 Å². The monoisotopic (exact) mass is 406 g/mol. The summed E-state index contributed by atoms with van der Waals surface area (Å²) in [6.07, 6.45) is 6.03. The van der Waals surface area contributed by atoms with Gasteiger partial charge < -0.3 is 15.0 Å². The molecule has 0 unspecified atom stereocenters. The SMILES string of the molecule is CCN(C(=O)CSc1nnc(Nc2ccccc2OC)s1)C1CCCCC1. The number of rotatable bonds is 8. The first-order valence-electron chi connectivity index (χ1n) is 9.37. The van der Waals surface area contributed by atoms with Crippen LogP contribution >= 0.6 is 23.1 Å². The van der Waals surface area contributed by atoms with Gasteiger partial charge in [0.15, 0.2) is 4.34 Å². The quantitative estimate of drug-likeness (QED) is 0.648. The number of ether oxygens (including phenoxy) is 1. The fraction of sp³-hybridized carbons (Fsp3) is 0.526. The van der Waals surface area contributed by atoms with E-state index in [2.05, 4.69) is 22.4 Å². The van der Waals surface area contributed by atoms with E-state index in [-0.39, 0.29) is 5.91 Å². The highest BCUT2D eigenvalue weighted by Crippen LogP contribution is 2.32. The van der Waals surface area contributed by atoms with E-state index in [1.165, 1.54) is 42.4 Å². The number of nitrogens with zero attached hydrogens (tertiary/aromatic N) is 3. The van der Waals surface area contributed by atoms with E-state index in [4.69, 9.17) is 4.74 Å². The Kier molecular flexibility index (Phi) is 7.34. The summed E-state index contributed by atoms with van der Waals surface area (Å²) >= 11 is 2.91. The fourth-order valence-corrected chi connectivity index (χ4v) is 5.07. The first-order chi connectivity index (χ1) is 13.2. The van der Waals surface area contributed by atoms with Crippen molar-refractivity contribution in [2.45, 2.75) is 49.4 Å². The average molecular weight is 407 g/mol. The number of methoxy groups -OCH3 is 1. The minimum Gasteiger partial charge on any atom is -0.495 e. The van der Waals surface area contributed by atoms with E-state index in [9.17, 15) is 4.79 Å². The topological polar surface area (TPSA) is 67.4 Å². The van der Waals surface area contributed by atoms with Crippen molar-refractivity contribution in [3.05, 3.63) is 24.3 Å². The van der Waals surface area contributed by atoms with Gasteiger partial charge in [0.25, 0.3) is 0 Å². The van der Waals surface area contributed by atoms with Crippen molar-refractivity contribution in [2.24, 2.45) is 0 Å². The Labute approximate surface area is 168 Å². The summed E-state index contributed by atoms with van der Waals surface area (Å²) in [4.78, 5) is 14.7. The molecule has 6 nitrogen and oxygen atoms in total. The molecule has 1 N–H and O–H groups in total. The summed E-state index contributed by atoms with van der Waals surface area (Å²) in [5.74, 6) is 1.36. The number of thioether (sulfide) groups is 1. The zero-order valence-corrected chi connectivity index (χ0v) is 17.4. The van der Waals surface area contributed by atoms with Crippen LogP contribution in [-0.4, -0.2) is 46.5 Å². The number of benzene rings is 1. The maximum Gasteiger partial charge on any atom is 0.233 e.